The highest BCUT2D eigenvalue weighted by atomic mass is 16.6. The third-order valence-electron chi connectivity index (χ3n) is 15.7. The van der Waals surface area contributed by atoms with Crippen LogP contribution in [0.25, 0.3) is 0 Å². The Kier molecular flexibility index (Phi) is 48.0. The Morgan fingerprint density at radius 2 is 0.495 bits per heavy atom. The summed E-state index contributed by atoms with van der Waals surface area (Å²) in [5.41, 5.74) is 6.67. The zero-order valence-corrected chi connectivity index (χ0v) is 64.1. The number of ether oxygens (including phenoxy) is 16. The Hall–Kier alpha value is -3.70. The molecular weight excluding hydrogens is 1270 g/mol. The molecule has 3 N–H and O–H groups in total. The second-order valence-corrected chi connectivity index (χ2v) is 27.5. The standard InChI is InChI=1S/C77H135N3O19/c1-56(2)41-89-64(10)49-97-68(14)53-93-60(6)45-85-37-32-80(34-39-87-47-62(8)95-55-70(16)99-51-66(12)91-43-58(4)83)76-29-23-73(24-30-76)77(71-19-25-74(26-20-71)78(17)18)72-21-27-75(28-22-72)79(31-36-84-44-59(5)92-52-67(13)96-48-63(9)88-40-35-81)33-38-86-46-61(7)94-54-69(15)98-50-65(11)90-42-57(3)82/h19-30,56-70,77,81-83H,31-55H2,1-18H3. The predicted molar refractivity (Wildman–Crippen MR) is 393 cm³/mol. The number of aliphatic hydroxyl groups is 3. The molecule has 0 radical (unpaired) electrons. The molecule has 0 saturated carbocycles. The fourth-order valence-corrected chi connectivity index (χ4v) is 9.93. The van der Waals surface area contributed by atoms with E-state index >= 15 is 0 Å². The van der Waals surface area contributed by atoms with Gasteiger partial charge in [-0.25, -0.2) is 0 Å². The molecule has 0 spiro atoms. The molecule has 22 heteroatoms. The molecule has 0 aromatic heterocycles. The van der Waals surface area contributed by atoms with Gasteiger partial charge in [0.15, 0.2) is 0 Å². The summed E-state index contributed by atoms with van der Waals surface area (Å²) in [5.74, 6) is 0.388. The number of benzene rings is 3. The highest BCUT2D eigenvalue weighted by Gasteiger charge is 2.22. The molecule has 3 aromatic rings. The van der Waals surface area contributed by atoms with E-state index in [0.29, 0.717) is 144 Å². The SMILES string of the molecule is CC(C)COC(C)COC(C)COC(C)COCCN(CCOCC(C)OCC(C)OCC(C)OCC(C)O)c1ccc(C(c2ccc(N(C)C)cc2)c2ccc(N(CCOCC(C)OCC(C)OCC(C)OCCO)CCOCC(C)OCC(C)OCC(C)OCC(C)O)cc2)cc1. The zero-order chi connectivity index (χ0) is 72.9. The highest BCUT2D eigenvalue weighted by Crippen LogP contribution is 2.35. The van der Waals surface area contributed by atoms with Crippen molar-refractivity contribution in [1.82, 2.24) is 0 Å². The highest BCUT2D eigenvalue weighted by molar-refractivity contribution is 5.56. The van der Waals surface area contributed by atoms with E-state index in [1.165, 1.54) is 5.56 Å². The first-order chi connectivity index (χ1) is 47.3. The Labute approximate surface area is 597 Å². The normalized spacial score (nSPS) is 16.7. The number of nitrogens with zero attached hydrogens (tertiary/aromatic N) is 3. The first-order valence-electron chi connectivity index (χ1n) is 36.5. The average Bonchev–Trinajstić information content (AvgIpc) is 0.801. The first-order valence-corrected chi connectivity index (χ1v) is 36.5. The number of anilines is 3. The number of aliphatic hydroxyl groups excluding tert-OH is 3. The van der Waals surface area contributed by atoms with Gasteiger partial charge in [-0.3, -0.25) is 0 Å². The minimum atomic E-state index is -0.527. The van der Waals surface area contributed by atoms with Crippen LogP contribution < -0.4 is 14.7 Å². The third kappa shape index (κ3) is 42.6. The van der Waals surface area contributed by atoms with Crippen molar-refractivity contribution in [2.45, 2.75) is 202 Å². The Balaban J connectivity index is 1.82. The van der Waals surface area contributed by atoms with Crippen LogP contribution in [0.15, 0.2) is 72.8 Å². The fourth-order valence-electron chi connectivity index (χ4n) is 9.93. The smallest absolute Gasteiger partial charge is 0.0781 e. The Morgan fingerprint density at radius 1 is 0.273 bits per heavy atom. The first kappa shape index (κ1) is 89.5. The van der Waals surface area contributed by atoms with Gasteiger partial charge < -0.3 is 106 Å². The summed E-state index contributed by atoms with van der Waals surface area (Å²) >= 11 is 0. The van der Waals surface area contributed by atoms with E-state index in [9.17, 15) is 10.2 Å². The summed E-state index contributed by atoms with van der Waals surface area (Å²) in [6, 6.07) is 26.6. The Morgan fingerprint density at radius 3 is 0.727 bits per heavy atom. The Bertz CT molecular complexity index is 2330. The quantitative estimate of drug-likeness (QED) is 0.0354. The van der Waals surface area contributed by atoms with E-state index in [1.54, 1.807) is 13.8 Å². The van der Waals surface area contributed by atoms with Gasteiger partial charge in [0.2, 0.25) is 0 Å². The maximum atomic E-state index is 9.58. The molecule has 22 nitrogen and oxygen atoms in total. The maximum absolute atomic E-state index is 9.58. The summed E-state index contributed by atoms with van der Waals surface area (Å²) in [6.07, 6.45) is -2.52. The largest absolute Gasteiger partial charge is 0.394 e. The van der Waals surface area contributed by atoms with Crippen LogP contribution in [0.1, 0.15) is 133 Å². The van der Waals surface area contributed by atoms with Crippen LogP contribution in [0, 0.1) is 5.92 Å². The summed E-state index contributed by atoms with van der Waals surface area (Å²) in [6.45, 7) is 42.5. The monoisotopic (exact) mass is 1410 g/mol. The minimum absolute atomic E-state index is 0.0152. The molecule has 0 fully saturated rings. The lowest BCUT2D eigenvalue weighted by Crippen LogP contribution is -2.33. The summed E-state index contributed by atoms with van der Waals surface area (Å²) < 4.78 is 96.2. The summed E-state index contributed by atoms with van der Waals surface area (Å²) in [7, 11) is 4.12. The molecule has 3 aromatic carbocycles. The van der Waals surface area contributed by atoms with Crippen molar-refractivity contribution in [1.29, 1.82) is 0 Å². The topological polar surface area (TPSA) is 218 Å². The van der Waals surface area contributed by atoms with Crippen LogP contribution in [-0.4, -0.2) is 280 Å². The fraction of sp³-hybridized carbons (Fsp3) is 0.766. The molecule has 0 aliphatic rings. The van der Waals surface area contributed by atoms with Gasteiger partial charge in [0.05, 0.1) is 218 Å². The predicted octanol–water partition coefficient (Wildman–Crippen LogP) is 9.88. The van der Waals surface area contributed by atoms with Gasteiger partial charge in [0.25, 0.3) is 0 Å². The molecular formula is C77H135N3O19. The van der Waals surface area contributed by atoms with Gasteiger partial charge in [-0.05, 0) is 156 Å². The van der Waals surface area contributed by atoms with Crippen molar-refractivity contribution in [3.63, 3.8) is 0 Å². The lowest BCUT2D eigenvalue weighted by atomic mass is 9.85. The van der Waals surface area contributed by atoms with Crippen LogP contribution in [0.2, 0.25) is 0 Å². The molecule has 0 heterocycles. The van der Waals surface area contributed by atoms with E-state index < -0.39 is 12.2 Å². The van der Waals surface area contributed by atoms with Gasteiger partial charge >= 0.3 is 0 Å². The maximum Gasteiger partial charge on any atom is 0.0781 e. The van der Waals surface area contributed by atoms with E-state index in [4.69, 9.17) is 80.9 Å². The second kappa shape index (κ2) is 53.1. The van der Waals surface area contributed by atoms with Gasteiger partial charge in [0, 0.05) is 69.9 Å². The van der Waals surface area contributed by atoms with Gasteiger partial charge in [-0.2, -0.15) is 0 Å². The molecule has 0 bridgehead atoms. The molecule has 0 aliphatic heterocycles. The van der Waals surface area contributed by atoms with E-state index in [0.717, 1.165) is 28.2 Å². The van der Waals surface area contributed by atoms with Crippen molar-refractivity contribution < 1.29 is 91.1 Å². The second-order valence-electron chi connectivity index (χ2n) is 27.5. The molecule has 3 rings (SSSR count). The molecule has 99 heavy (non-hydrogen) atoms. The third-order valence-corrected chi connectivity index (χ3v) is 15.7. The molecule has 15 unspecified atom stereocenters. The summed E-state index contributed by atoms with van der Waals surface area (Å²) in [4.78, 5) is 6.72. The van der Waals surface area contributed by atoms with Crippen LogP contribution in [0.5, 0.6) is 0 Å². The zero-order valence-electron chi connectivity index (χ0n) is 64.1. The molecule has 15 atom stereocenters. The van der Waals surface area contributed by atoms with Crippen LogP contribution in [0.3, 0.4) is 0 Å². The van der Waals surface area contributed by atoms with Crippen molar-refractivity contribution in [3.8, 4) is 0 Å². The lowest BCUT2D eigenvalue weighted by Gasteiger charge is -2.28. The number of hydrogen-bond donors (Lipinski definition) is 3. The van der Waals surface area contributed by atoms with E-state index in [-0.39, 0.29) is 106 Å². The van der Waals surface area contributed by atoms with Crippen LogP contribution >= 0.6 is 0 Å². The summed E-state index contributed by atoms with van der Waals surface area (Å²) in [5, 5.41) is 28.2. The number of rotatable bonds is 62. The van der Waals surface area contributed by atoms with E-state index in [2.05, 4.69) is 115 Å². The van der Waals surface area contributed by atoms with Crippen LogP contribution in [-0.2, 0) is 75.8 Å². The molecule has 572 valence electrons. The van der Waals surface area contributed by atoms with Crippen molar-refractivity contribution in [2.75, 3.05) is 194 Å². The van der Waals surface area contributed by atoms with Gasteiger partial charge in [0.1, 0.15) is 0 Å². The van der Waals surface area contributed by atoms with Crippen molar-refractivity contribution >= 4 is 17.1 Å². The van der Waals surface area contributed by atoms with Gasteiger partial charge in [-0.15, -0.1) is 0 Å². The molecule has 0 amide bonds. The lowest BCUT2D eigenvalue weighted by molar-refractivity contribution is -0.0863. The average molecular weight is 1410 g/mol. The number of hydrogen-bond acceptors (Lipinski definition) is 22. The minimum Gasteiger partial charge on any atom is -0.394 e. The van der Waals surface area contributed by atoms with Crippen LogP contribution in [0.4, 0.5) is 17.1 Å². The van der Waals surface area contributed by atoms with E-state index in [1.807, 2.05) is 83.1 Å². The van der Waals surface area contributed by atoms with Crippen molar-refractivity contribution in [2.24, 2.45) is 5.92 Å². The van der Waals surface area contributed by atoms with Crippen molar-refractivity contribution in [3.05, 3.63) is 89.5 Å². The van der Waals surface area contributed by atoms with Gasteiger partial charge in [-0.1, -0.05) is 50.2 Å². The molecule has 0 saturated heterocycles. The molecule has 0 aliphatic carbocycles.